The van der Waals surface area contributed by atoms with E-state index in [0.29, 0.717) is 11.8 Å². The summed E-state index contributed by atoms with van der Waals surface area (Å²) in [5.41, 5.74) is 2.95. The number of allylic oxidation sites excluding steroid dienone is 2. The van der Waals surface area contributed by atoms with Gasteiger partial charge in [-0.3, -0.25) is 9.59 Å². The first-order valence-corrected chi connectivity index (χ1v) is 14.3. The topological polar surface area (TPSA) is 76.1 Å². The van der Waals surface area contributed by atoms with E-state index in [1.165, 1.54) is 16.2 Å². The monoisotopic (exact) mass is 497 g/mol. The fraction of sp³-hybridized carbons (Fsp3) is 0.800. The smallest absolute Gasteiger partial charge is 0.311 e. The maximum atomic E-state index is 12.9. The van der Waals surface area contributed by atoms with Gasteiger partial charge in [0, 0.05) is 24.9 Å². The number of hydrogen-bond donors (Lipinski definition) is 1. The van der Waals surface area contributed by atoms with Gasteiger partial charge in [0.25, 0.3) is 0 Å². The highest BCUT2D eigenvalue weighted by Gasteiger charge is 2.57. The molecule has 2 aliphatic heterocycles. The molecule has 6 fully saturated rings. The lowest BCUT2D eigenvalue weighted by Crippen LogP contribution is -2.47. The first kappa shape index (κ1) is 24.7. The van der Waals surface area contributed by atoms with E-state index in [1.807, 2.05) is 0 Å². The summed E-state index contributed by atoms with van der Waals surface area (Å²) >= 11 is 0. The van der Waals surface area contributed by atoms with Crippen LogP contribution in [0.4, 0.5) is 0 Å². The zero-order chi connectivity index (χ0) is 25.4. The summed E-state index contributed by atoms with van der Waals surface area (Å²) in [6.45, 7) is 13.8. The summed E-state index contributed by atoms with van der Waals surface area (Å²) in [6.07, 6.45) is 10.2. The molecule has 0 aromatic heterocycles. The van der Waals surface area contributed by atoms with Crippen LogP contribution in [0, 0.1) is 46.3 Å². The number of esters is 2. The highest BCUT2D eigenvalue weighted by Crippen LogP contribution is 2.58. The lowest BCUT2D eigenvalue weighted by Gasteiger charge is -2.50. The molecule has 0 radical (unpaired) electrons. The number of fused-ring (bicyclic) bond motifs is 4. The number of carbonyl (C=O) groups excluding carboxylic acids is 2. The Bertz CT molecular complexity index is 900. The van der Waals surface area contributed by atoms with Crippen LogP contribution < -0.4 is 0 Å². The molecule has 2 saturated heterocycles. The van der Waals surface area contributed by atoms with Crippen molar-refractivity contribution in [2.45, 2.75) is 90.3 Å². The maximum absolute atomic E-state index is 12.9. The molecular formula is C30H43NO5. The minimum absolute atomic E-state index is 0.0720. The number of hydroxylamine groups is 2. The Kier molecular flexibility index (Phi) is 5.95. The van der Waals surface area contributed by atoms with Crippen LogP contribution in [-0.2, 0) is 19.1 Å². The number of carbonyl (C=O) groups is 2. The molecule has 6 nitrogen and oxygen atoms in total. The highest BCUT2D eigenvalue weighted by molar-refractivity contribution is 5.76. The highest BCUT2D eigenvalue weighted by atomic mass is 16.6. The van der Waals surface area contributed by atoms with Crippen LogP contribution in [-0.4, -0.2) is 47.5 Å². The molecule has 6 heteroatoms. The first-order valence-electron chi connectivity index (χ1n) is 14.3. The largest absolute Gasteiger partial charge is 0.462 e. The zero-order valence-corrected chi connectivity index (χ0v) is 22.0. The van der Waals surface area contributed by atoms with Gasteiger partial charge in [0.15, 0.2) is 0 Å². The normalized spacial score (nSPS) is 48.1. The third kappa shape index (κ3) is 3.89. The molecule has 198 valence electrons. The van der Waals surface area contributed by atoms with Gasteiger partial charge in [-0.05, 0) is 86.9 Å². The Balaban J connectivity index is 1.13. The van der Waals surface area contributed by atoms with Crippen molar-refractivity contribution in [3.05, 3.63) is 24.3 Å². The quantitative estimate of drug-likeness (QED) is 0.322. The van der Waals surface area contributed by atoms with Crippen LogP contribution >= 0.6 is 0 Å². The predicted octanol–water partition coefficient (Wildman–Crippen LogP) is 5.31. The second kappa shape index (κ2) is 8.69. The third-order valence-electron chi connectivity index (χ3n) is 11.5. The molecule has 4 aliphatic carbocycles. The molecule has 10 atom stereocenters. The molecule has 1 N–H and O–H groups in total. The molecule has 6 aliphatic rings. The molecule has 0 aromatic carbocycles. The second-order valence-corrected chi connectivity index (χ2v) is 13.7. The summed E-state index contributed by atoms with van der Waals surface area (Å²) in [4.78, 5) is 25.9. The van der Waals surface area contributed by atoms with Gasteiger partial charge in [-0.15, -0.1) is 0 Å². The van der Waals surface area contributed by atoms with E-state index in [-0.39, 0.29) is 71.7 Å². The van der Waals surface area contributed by atoms with Crippen molar-refractivity contribution in [3.8, 4) is 0 Å². The number of ether oxygens (including phenoxy) is 2. The fourth-order valence-electron chi connectivity index (χ4n) is 9.46. The van der Waals surface area contributed by atoms with Gasteiger partial charge in [0.05, 0.1) is 11.8 Å². The third-order valence-corrected chi connectivity index (χ3v) is 11.5. The minimum Gasteiger partial charge on any atom is -0.462 e. The second-order valence-electron chi connectivity index (χ2n) is 13.7. The zero-order valence-electron chi connectivity index (χ0n) is 22.0. The average molecular weight is 498 g/mol. The predicted molar refractivity (Wildman–Crippen MR) is 135 cm³/mol. The number of hydrogen-bond acceptors (Lipinski definition) is 6. The van der Waals surface area contributed by atoms with Gasteiger partial charge < -0.3 is 14.7 Å². The molecule has 10 unspecified atom stereocenters. The van der Waals surface area contributed by atoms with Crippen LogP contribution in [0.2, 0.25) is 0 Å². The van der Waals surface area contributed by atoms with Crippen molar-refractivity contribution in [1.82, 2.24) is 5.06 Å². The molecule has 36 heavy (non-hydrogen) atoms. The van der Waals surface area contributed by atoms with E-state index < -0.39 is 0 Å². The summed E-state index contributed by atoms with van der Waals surface area (Å²) in [5, 5.41) is 12.3. The SMILES string of the molecule is C=C1CCCC2(C)CC3OC(=O)C(CN(O)CC4C(=O)OC5CC6(C)CCCC(=C)C6CC54)C3CC12. The molecule has 6 rings (SSSR count). The summed E-state index contributed by atoms with van der Waals surface area (Å²) in [5.74, 6) is -0.0784. The minimum atomic E-state index is -0.361. The summed E-state index contributed by atoms with van der Waals surface area (Å²) in [6, 6.07) is 0. The van der Waals surface area contributed by atoms with Crippen molar-refractivity contribution in [3.63, 3.8) is 0 Å². The molecule has 0 bridgehead atoms. The van der Waals surface area contributed by atoms with Crippen molar-refractivity contribution in [2.24, 2.45) is 46.3 Å². The van der Waals surface area contributed by atoms with Gasteiger partial charge in [0.1, 0.15) is 12.2 Å². The van der Waals surface area contributed by atoms with Gasteiger partial charge in [-0.1, -0.05) is 38.2 Å². The summed E-state index contributed by atoms with van der Waals surface area (Å²) in [7, 11) is 0. The Morgan fingerprint density at radius 3 is 1.67 bits per heavy atom. The van der Waals surface area contributed by atoms with Crippen LogP contribution in [0.5, 0.6) is 0 Å². The van der Waals surface area contributed by atoms with E-state index in [1.54, 1.807) is 0 Å². The Labute approximate surface area is 215 Å². The Morgan fingerprint density at radius 2 is 1.25 bits per heavy atom. The van der Waals surface area contributed by atoms with Gasteiger partial charge >= 0.3 is 11.9 Å². The van der Waals surface area contributed by atoms with Crippen molar-refractivity contribution < 1.29 is 24.3 Å². The number of rotatable bonds is 4. The van der Waals surface area contributed by atoms with Crippen molar-refractivity contribution in [2.75, 3.05) is 13.1 Å². The summed E-state index contributed by atoms with van der Waals surface area (Å²) < 4.78 is 11.8. The maximum Gasteiger partial charge on any atom is 0.311 e. The van der Waals surface area contributed by atoms with E-state index in [2.05, 4.69) is 27.0 Å². The van der Waals surface area contributed by atoms with Crippen molar-refractivity contribution >= 4 is 11.9 Å². The fourth-order valence-corrected chi connectivity index (χ4v) is 9.46. The standard InChI is InChI=1S/C30H43NO5/c1-17-7-5-9-29(3)13-25-19(11-23(17)29)21(27(32)35-25)15-31(34)16-22-20-12-24-18(2)8-6-10-30(24,4)14-26(20)36-28(22)33/h19-26,34H,1-2,5-16H2,3-4H3. The molecule has 0 spiro atoms. The number of nitrogens with zero attached hydrogens (tertiary/aromatic N) is 1. The van der Waals surface area contributed by atoms with Gasteiger partial charge in [0.2, 0.25) is 0 Å². The van der Waals surface area contributed by atoms with E-state index in [4.69, 9.17) is 9.47 Å². The molecule has 4 saturated carbocycles. The Hall–Kier alpha value is -1.66. The lowest BCUT2D eigenvalue weighted by molar-refractivity contribution is -0.155. The average Bonchev–Trinajstić information content (AvgIpc) is 3.25. The molecule has 2 heterocycles. The van der Waals surface area contributed by atoms with Crippen LogP contribution in [0.1, 0.15) is 78.1 Å². The van der Waals surface area contributed by atoms with Crippen LogP contribution in [0.25, 0.3) is 0 Å². The van der Waals surface area contributed by atoms with E-state index in [0.717, 1.165) is 64.2 Å². The van der Waals surface area contributed by atoms with E-state index in [9.17, 15) is 14.8 Å². The molecular weight excluding hydrogens is 454 g/mol. The molecule has 0 aromatic rings. The van der Waals surface area contributed by atoms with Gasteiger partial charge in [-0.2, -0.15) is 5.06 Å². The lowest BCUT2D eigenvalue weighted by atomic mass is 9.55. The van der Waals surface area contributed by atoms with E-state index >= 15 is 0 Å². The van der Waals surface area contributed by atoms with Crippen molar-refractivity contribution in [1.29, 1.82) is 0 Å². The van der Waals surface area contributed by atoms with Crippen LogP contribution in [0.15, 0.2) is 24.3 Å². The molecule has 0 amide bonds. The van der Waals surface area contributed by atoms with Gasteiger partial charge in [-0.25, -0.2) is 0 Å². The first-order chi connectivity index (χ1) is 17.1. The van der Waals surface area contributed by atoms with Crippen LogP contribution in [0.3, 0.4) is 0 Å². The Morgan fingerprint density at radius 1 is 0.833 bits per heavy atom.